The van der Waals surface area contributed by atoms with E-state index < -0.39 is 24.2 Å². The molecule has 2 aromatic heterocycles. The Labute approximate surface area is 164 Å². The summed E-state index contributed by atoms with van der Waals surface area (Å²) in [5.74, 6) is -1.89. The molecule has 0 aliphatic carbocycles. The van der Waals surface area contributed by atoms with E-state index in [4.69, 9.17) is 4.74 Å². The van der Waals surface area contributed by atoms with Gasteiger partial charge in [0.05, 0.1) is 27.2 Å². The number of pyridine rings is 1. The van der Waals surface area contributed by atoms with Gasteiger partial charge < -0.3 is 4.74 Å². The molecule has 0 atom stereocenters. The van der Waals surface area contributed by atoms with Crippen molar-refractivity contribution in [2.75, 3.05) is 6.61 Å². The summed E-state index contributed by atoms with van der Waals surface area (Å²) in [5, 5.41) is 2.56. The summed E-state index contributed by atoms with van der Waals surface area (Å²) in [5.41, 5.74) is 1.52. The van der Waals surface area contributed by atoms with Gasteiger partial charge in [0.1, 0.15) is 5.82 Å². The van der Waals surface area contributed by atoms with Gasteiger partial charge in [-0.15, -0.1) is 11.3 Å². The normalized spacial score (nSPS) is 10.8. The molecule has 0 spiro atoms. The lowest BCUT2D eigenvalue weighted by molar-refractivity contribution is 0.0475. The molecule has 0 amide bonds. The largest absolute Gasteiger partial charge is 0.454 e. The molecule has 2 heterocycles. The maximum atomic E-state index is 13.7. The molecule has 0 bridgehead atoms. The van der Waals surface area contributed by atoms with Crippen LogP contribution in [0.15, 0.2) is 72.1 Å². The van der Waals surface area contributed by atoms with Gasteiger partial charge in [0, 0.05) is 5.39 Å². The van der Waals surface area contributed by atoms with Crippen LogP contribution in [0.5, 0.6) is 0 Å². The highest BCUT2D eigenvalue weighted by atomic mass is 32.1. The molecule has 0 saturated carbocycles. The molecule has 0 radical (unpaired) electrons. The van der Waals surface area contributed by atoms with Crippen molar-refractivity contribution in [1.82, 2.24) is 4.98 Å². The van der Waals surface area contributed by atoms with Crippen molar-refractivity contribution < 1.29 is 18.7 Å². The Bertz CT molecular complexity index is 1170. The summed E-state index contributed by atoms with van der Waals surface area (Å²) in [6.45, 7) is -0.537. The first kappa shape index (κ1) is 18.0. The lowest BCUT2D eigenvalue weighted by atomic mass is 10.1. The van der Waals surface area contributed by atoms with Crippen LogP contribution >= 0.6 is 11.3 Å². The minimum atomic E-state index is -0.652. The molecule has 4 rings (SSSR count). The number of aromatic nitrogens is 1. The minimum Gasteiger partial charge on any atom is -0.454 e. The number of nitrogens with zero attached hydrogens (tertiary/aromatic N) is 1. The number of esters is 1. The van der Waals surface area contributed by atoms with Gasteiger partial charge in [-0.05, 0) is 35.7 Å². The summed E-state index contributed by atoms with van der Waals surface area (Å²) in [6, 6.07) is 18.3. The fourth-order valence-corrected chi connectivity index (χ4v) is 3.55. The number of benzene rings is 2. The lowest BCUT2D eigenvalue weighted by Crippen LogP contribution is -2.16. The number of carbonyl (C=O) groups excluding carboxylic acids is 2. The van der Waals surface area contributed by atoms with Crippen LogP contribution in [0.1, 0.15) is 20.7 Å². The first-order valence-electron chi connectivity index (χ1n) is 8.52. The van der Waals surface area contributed by atoms with Gasteiger partial charge in [-0.1, -0.05) is 36.4 Å². The van der Waals surface area contributed by atoms with E-state index in [1.54, 1.807) is 24.3 Å². The summed E-state index contributed by atoms with van der Waals surface area (Å²) < 4.78 is 18.9. The molecular weight excluding hydrogens is 377 g/mol. The maximum Gasteiger partial charge on any atom is 0.339 e. The number of para-hydroxylation sites is 1. The Morgan fingerprint density at radius 3 is 2.54 bits per heavy atom. The minimum absolute atomic E-state index is 0.103. The Morgan fingerprint density at radius 2 is 1.75 bits per heavy atom. The van der Waals surface area contributed by atoms with E-state index in [1.807, 2.05) is 29.6 Å². The second-order valence-electron chi connectivity index (χ2n) is 6.03. The third kappa shape index (κ3) is 3.54. The predicted octanol–water partition coefficient (Wildman–Crippen LogP) is 5.14. The molecule has 0 saturated heterocycles. The number of thiophene rings is 1. The molecule has 6 heteroatoms. The van der Waals surface area contributed by atoms with Gasteiger partial charge in [-0.25, -0.2) is 14.2 Å². The van der Waals surface area contributed by atoms with Crippen LogP contribution in [0.25, 0.3) is 21.5 Å². The van der Waals surface area contributed by atoms with E-state index in [0.29, 0.717) is 22.2 Å². The van der Waals surface area contributed by atoms with Crippen molar-refractivity contribution in [3.8, 4) is 10.6 Å². The zero-order chi connectivity index (χ0) is 19.5. The topological polar surface area (TPSA) is 56.3 Å². The SMILES string of the molecule is O=C(COC(=O)c1cc(-c2cccs2)nc2ccccc12)c1ccccc1F. The van der Waals surface area contributed by atoms with Crippen molar-refractivity contribution in [2.24, 2.45) is 0 Å². The van der Waals surface area contributed by atoms with Crippen molar-refractivity contribution in [3.63, 3.8) is 0 Å². The van der Waals surface area contributed by atoms with Crippen LogP contribution in [0.4, 0.5) is 4.39 Å². The first-order chi connectivity index (χ1) is 13.6. The van der Waals surface area contributed by atoms with Gasteiger partial charge in [-0.3, -0.25) is 4.79 Å². The van der Waals surface area contributed by atoms with Crippen LogP contribution in [0.3, 0.4) is 0 Å². The van der Waals surface area contributed by atoms with E-state index in [1.165, 1.54) is 29.5 Å². The summed E-state index contributed by atoms with van der Waals surface area (Å²) in [6.07, 6.45) is 0. The van der Waals surface area contributed by atoms with Crippen molar-refractivity contribution in [3.05, 3.63) is 89.1 Å². The standard InChI is InChI=1S/C22H14FNO3S/c23-17-8-3-1-7-15(17)20(25)13-27-22(26)16-12-19(21-10-5-11-28-21)24-18-9-4-2-6-14(16)18/h1-12H,13H2. The Balaban J connectivity index is 1.63. The van der Waals surface area contributed by atoms with Crippen LogP contribution in [-0.4, -0.2) is 23.3 Å². The number of ketones is 1. The fourth-order valence-electron chi connectivity index (χ4n) is 2.87. The first-order valence-corrected chi connectivity index (χ1v) is 9.40. The molecule has 0 aliphatic rings. The summed E-state index contributed by atoms with van der Waals surface area (Å²) in [7, 11) is 0. The van der Waals surface area contributed by atoms with E-state index in [-0.39, 0.29) is 5.56 Å². The number of carbonyl (C=O) groups is 2. The smallest absolute Gasteiger partial charge is 0.339 e. The molecule has 4 aromatic rings. The van der Waals surface area contributed by atoms with Gasteiger partial charge in [0.25, 0.3) is 0 Å². The monoisotopic (exact) mass is 391 g/mol. The molecule has 0 N–H and O–H groups in total. The number of rotatable bonds is 5. The van der Waals surface area contributed by atoms with Crippen molar-refractivity contribution in [2.45, 2.75) is 0 Å². The average Bonchev–Trinajstić information content (AvgIpc) is 3.26. The highest BCUT2D eigenvalue weighted by Crippen LogP contribution is 2.28. The summed E-state index contributed by atoms with van der Waals surface area (Å²) >= 11 is 1.51. The van der Waals surface area contributed by atoms with Crippen molar-refractivity contribution >= 4 is 34.0 Å². The number of hydrogen-bond donors (Lipinski definition) is 0. The second kappa shape index (κ2) is 7.70. The second-order valence-corrected chi connectivity index (χ2v) is 6.98. The molecule has 28 heavy (non-hydrogen) atoms. The van der Waals surface area contributed by atoms with E-state index in [0.717, 1.165) is 4.88 Å². The molecular formula is C22H14FNO3S. The quantitative estimate of drug-likeness (QED) is 0.349. The third-order valence-electron chi connectivity index (χ3n) is 4.22. The van der Waals surface area contributed by atoms with Gasteiger partial charge >= 0.3 is 5.97 Å². The van der Waals surface area contributed by atoms with E-state index in [9.17, 15) is 14.0 Å². The molecule has 2 aromatic carbocycles. The number of fused-ring (bicyclic) bond motifs is 1. The van der Waals surface area contributed by atoms with E-state index in [2.05, 4.69) is 4.98 Å². The Morgan fingerprint density at radius 1 is 0.964 bits per heavy atom. The lowest BCUT2D eigenvalue weighted by Gasteiger charge is -2.09. The van der Waals surface area contributed by atoms with Gasteiger partial charge in [0.15, 0.2) is 6.61 Å². The van der Waals surface area contributed by atoms with Gasteiger partial charge in [0.2, 0.25) is 5.78 Å². The average molecular weight is 391 g/mol. The van der Waals surface area contributed by atoms with Crippen LogP contribution in [0, 0.1) is 5.82 Å². The highest BCUT2D eigenvalue weighted by Gasteiger charge is 2.18. The summed E-state index contributed by atoms with van der Waals surface area (Å²) in [4.78, 5) is 30.4. The zero-order valence-electron chi connectivity index (χ0n) is 14.6. The van der Waals surface area contributed by atoms with E-state index >= 15 is 0 Å². The number of hydrogen-bond acceptors (Lipinski definition) is 5. The zero-order valence-corrected chi connectivity index (χ0v) is 15.4. The molecule has 0 fully saturated rings. The van der Waals surface area contributed by atoms with Crippen LogP contribution < -0.4 is 0 Å². The maximum absolute atomic E-state index is 13.7. The Hall–Kier alpha value is -3.38. The predicted molar refractivity (Wildman–Crippen MR) is 106 cm³/mol. The Kier molecular flexibility index (Phi) is 4.95. The number of halogens is 1. The van der Waals surface area contributed by atoms with Gasteiger partial charge in [-0.2, -0.15) is 0 Å². The fraction of sp³-hybridized carbons (Fsp3) is 0.0455. The van der Waals surface area contributed by atoms with Crippen LogP contribution in [-0.2, 0) is 4.74 Å². The number of ether oxygens (including phenoxy) is 1. The molecule has 0 aliphatic heterocycles. The number of Topliss-reactive ketones (excluding diaryl/α,β-unsaturated/α-hetero) is 1. The molecule has 4 nitrogen and oxygen atoms in total. The molecule has 0 unspecified atom stereocenters. The van der Waals surface area contributed by atoms with Crippen molar-refractivity contribution in [1.29, 1.82) is 0 Å². The molecule has 138 valence electrons. The van der Waals surface area contributed by atoms with Crippen LogP contribution in [0.2, 0.25) is 0 Å². The third-order valence-corrected chi connectivity index (χ3v) is 5.11. The highest BCUT2D eigenvalue weighted by molar-refractivity contribution is 7.13.